The third-order valence-corrected chi connectivity index (χ3v) is 4.71. The van der Waals surface area contributed by atoms with Crippen LogP contribution in [0.5, 0.6) is 0 Å². The van der Waals surface area contributed by atoms with Crippen molar-refractivity contribution in [2.75, 3.05) is 18.4 Å². The molecule has 0 atom stereocenters. The molecule has 0 aliphatic rings. The van der Waals surface area contributed by atoms with E-state index in [1.807, 2.05) is 6.92 Å². The average molecular weight is 385 g/mol. The minimum Gasteiger partial charge on any atom is -0.367 e. The lowest BCUT2D eigenvalue weighted by Crippen LogP contribution is -2.40. The van der Waals surface area contributed by atoms with Crippen molar-refractivity contribution in [2.24, 2.45) is 0 Å². The van der Waals surface area contributed by atoms with Gasteiger partial charge in [0.25, 0.3) is 0 Å². The first kappa shape index (κ1) is 20.1. The topological polar surface area (TPSA) is 71.8 Å². The van der Waals surface area contributed by atoms with Gasteiger partial charge in [-0.05, 0) is 52.3 Å². The van der Waals surface area contributed by atoms with Crippen LogP contribution in [-0.2, 0) is 6.54 Å². The summed E-state index contributed by atoms with van der Waals surface area (Å²) in [6, 6.07) is 7.31. The monoisotopic (exact) mass is 385 g/mol. The zero-order chi connectivity index (χ0) is 20.3. The summed E-state index contributed by atoms with van der Waals surface area (Å²) in [5, 5.41) is 11.9. The molecule has 28 heavy (non-hydrogen) atoms. The fourth-order valence-corrected chi connectivity index (χ4v) is 3.37. The first-order valence-electron chi connectivity index (χ1n) is 9.67. The summed E-state index contributed by atoms with van der Waals surface area (Å²) in [7, 11) is 0. The van der Waals surface area contributed by atoms with Crippen LogP contribution in [0.1, 0.15) is 39.1 Å². The van der Waals surface area contributed by atoms with E-state index in [1.54, 1.807) is 16.8 Å². The summed E-state index contributed by atoms with van der Waals surface area (Å²) in [5.41, 5.74) is 2.25. The highest BCUT2D eigenvalue weighted by Crippen LogP contribution is 2.18. The molecule has 0 unspecified atom stereocenters. The van der Waals surface area contributed by atoms with Gasteiger partial charge in [-0.1, -0.05) is 17.3 Å². The van der Waals surface area contributed by atoms with Crippen LogP contribution in [0, 0.1) is 12.7 Å². The van der Waals surface area contributed by atoms with Crippen molar-refractivity contribution in [3.63, 3.8) is 0 Å². The van der Waals surface area contributed by atoms with E-state index < -0.39 is 0 Å². The highest BCUT2D eigenvalue weighted by atomic mass is 19.1. The molecule has 1 aromatic carbocycles. The molecular weight excluding hydrogens is 357 g/mol. The summed E-state index contributed by atoms with van der Waals surface area (Å²) < 4.78 is 14.9. The van der Waals surface area contributed by atoms with Gasteiger partial charge in [-0.2, -0.15) is 0 Å². The lowest BCUT2D eigenvalue weighted by atomic mass is 10.2. The predicted molar refractivity (Wildman–Crippen MR) is 109 cm³/mol. The minimum absolute atomic E-state index is 0.256. The van der Waals surface area contributed by atoms with Crippen LogP contribution >= 0.6 is 0 Å². The Hall–Kier alpha value is -2.61. The highest BCUT2D eigenvalue weighted by molar-refractivity contribution is 5.82. The van der Waals surface area contributed by atoms with Gasteiger partial charge >= 0.3 is 0 Å². The molecular formula is C20H28FN7. The van der Waals surface area contributed by atoms with E-state index in [4.69, 9.17) is 0 Å². The van der Waals surface area contributed by atoms with E-state index in [1.165, 1.54) is 12.1 Å². The molecule has 0 aliphatic carbocycles. The Kier molecular flexibility index (Phi) is 6.18. The Bertz CT molecular complexity index is 910. The Morgan fingerprint density at radius 2 is 1.75 bits per heavy atom. The number of hydrogen-bond acceptors (Lipinski definition) is 6. The highest BCUT2D eigenvalue weighted by Gasteiger charge is 2.16. The van der Waals surface area contributed by atoms with E-state index in [2.05, 4.69) is 58.2 Å². The second-order valence-corrected chi connectivity index (χ2v) is 7.52. The second kappa shape index (κ2) is 8.60. The number of rotatable bonds is 8. The molecule has 0 amide bonds. The van der Waals surface area contributed by atoms with Crippen LogP contribution in [0.25, 0.3) is 11.2 Å². The molecule has 0 aliphatic heterocycles. The van der Waals surface area contributed by atoms with Crippen molar-refractivity contribution in [2.45, 2.75) is 53.2 Å². The molecule has 2 heterocycles. The first-order chi connectivity index (χ1) is 13.3. The molecule has 0 bridgehead atoms. The number of benzene rings is 1. The van der Waals surface area contributed by atoms with Crippen molar-refractivity contribution in [3.05, 3.63) is 41.5 Å². The predicted octanol–water partition coefficient (Wildman–Crippen LogP) is 3.25. The molecule has 0 spiro atoms. The molecule has 0 saturated carbocycles. The lowest BCUT2D eigenvalue weighted by Gasteiger charge is -2.30. The molecule has 7 nitrogen and oxygen atoms in total. The van der Waals surface area contributed by atoms with Crippen LogP contribution in [0.3, 0.4) is 0 Å². The van der Waals surface area contributed by atoms with Crippen LogP contribution in [0.4, 0.5) is 10.2 Å². The minimum atomic E-state index is -0.256. The second-order valence-electron chi connectivity index (χ2n) is 7.52. The van der Waals surface area contributed by atoms with Crippen LogP contribution in [0.2, 0.25) is 0 Å². The standard InChI is InChI=1S/C20H28FN7/c1-13(2)27(14(3)4)11-10-22-19-18-20(24-15(5)23-19)28(26-25-18)12-16-6-8-17(21)9-7-16/h6-9,13-14H,10-12H2,1-5H3,(H,22,23,24). The van der Waals surface area contributed by atoms with Gasteiger partial charge in [0.05, 0.1) is 6.54 Å². The zero-order valence-electron chi connectivity index (χ0n) is 17.1. The SMILES string of the molecule is Cc1nc(NCCN(C(C)C)C(C)C)c2nnn(Cc3ccc(F)cc3)c2n1. The van der Waals surface area contributed by atoms with Crippen molar-refractivity contribution in [1.82, 2.24) is 29.9 Å². The lowest BCUT2D eigenvalue weighted by molar-refractivity contribution is 0.182. The van der Waals surface area contributed by atoms with Crippen molar-refractivity contribution < 1.29 is 4.39 Å². The summed E-state index contributed by atoms with van der Waals surface area (Å²) in [5.74, 6) is 1.09. The van der Waals surface area contributed by atoms with Crippen molar-refractivity contribution in [3.8, 4) is 0 Å². The fourth-order valence-electron chi connectivity index (χ4n) is 3.37. The maximum atomic E-state index is 13.1. The average Bonchev–Trinajstić information content (AvgIpc) is 3.02. The summed E-state index contributed by atoms with van der Waals surface area (Å²) in [6.45, 7) is 12.8. The van der Waals surface area contributed by atoms with Gasteiger partial charge in [0.1, 0.15) is 11.6 Å². The van der Waals surface area contributed by atoms with Crippen molar-refractivity contribution in [1.29, 1.82) is 0 Å². The Morgan fingerprint density at radius 3 is 2.39 bits per heavy atom. The van der Waals surface area contributed by atoms with E-state index >= 15 is 0 Å². The fraction of sp³-hybridized carbons (Fsp3) is 0.500. The molecule has 0 saturated heterocycles. The number of aryl methyl sites for hydroxylation is 1. The molecule has 150 valence electrons. The molecule has 2 aromatic heterocycles. The Morgan fingerprint density at radius 1 is 1.07 bits per heavy atom. The maximum Gasteiger partial charge on any atom is 0.184 e. The zero-order valence-corrected chi connectivity index (χ0v) is 17.1. The largest absolute Gasteiger partial charge is 0.367 e. The van der Waals surface area contributed by atoms with Crippen LogP contribution in [0.15, 0.2) is 24.3 Å². The van der Waals surface area contributed by atoms with Gasteiger partial charge in [0, 0.05) is 25.2 Å². The third kappa shape index (κ3) is 4.62. The molecule has 0 fully saturated rings. The van der Waals surface area contributed by atoms with Crippen LogP contribution < -0.4 is 5.32 Å². The molecule has 8 heteroatoms. The summed E-state index contributed by atoms with van der Waals surface area (Å²) >= 11 is 0. The van der Waals surface area contributed by atoms with E-state index in [-0.39, 0.29) is 5.82 Å². The van der Waals surface area contributed by atoms with Crippen LogP contribution in [-0.4, -0.2) is 55.0 Å². The molecule has 1 N–H and O–H groups in total. The van der Waals surface area contributed by atoms with E-state index in [0.29, 0.717) is 41.4 Å². The summed E-state index contributed by atoms with van der Waals surface area (Å²) in [6.07, 6.45) is 0. The number of anilines is 1. The number of fused-ring (bicyclic) bond motifs is 1. The van der Waals surface area contributed by atoms with Gasteiger partial charge < -0.3 is 5.32 Å². The van der Waals surface area contributed by atoms with Crippen molar-refractivity contribution >= 4 is 17.0 Å². The number of hydrogen-bond donors (Lipinski definition) is 1. The Labute approximate surface area is 165 Å². The quantitative estimate of drug-likeness (QED) is 0.642. The molecule has 0 radical (unpaired) electrons. The Balaban J connectivity index is 1.78. The van der Waals surface area contributed by atoms with Gasteiger partial charge in [-0.25, -0.2) is 19.0 Å². The first-order valence-corrected chi connectivity index (χ1v) is 9.67. The number of nitrogens with zero attached hydrogens (tertiary/aromatic N) is 6. The van der Waals surface area contributed by atoms with Gasteiger partial charge in [0.2, 0.25) is 0 Å². The number of nitrogens with one attached hydrogen (secondary N) is 1. The number of halogens is 1. The normalized spacial score (nSPS) is 11.9. The van der Waals surface area contributed by atoms with E-state index in [0.717, 1.165) is 18.7 Å². The van der Waals surface area contributed by atoms with Gasteiger partial charge in [-0.15, -0.1) is 5.10 Å². The van der Waals surface area contributed by atoms with Gasteiger partial charge in [0.15, 0.2) is 17.0 Å². The smallest absolute Gasteiger partial charge is 0.184 e. The molecule has 3 rings (SSSR count). The van der Waals surface area contributed by atoms with E-state index in [9.17, 15) is 4.39 Å². The van der Waals surface area contributed by atoms with Gasteiger partial charge in [-0.3, -0.25) is 4.90 Å². The summed E-state index contributed by atoms with van der Waals surface area (Å²) in [4.78, 5) is 11.4. The molecule has 3 aromatic rings. The number of aromatic nitrogens is 5. The maximum absolute atomic E-state index is 13.1. The third-order valence-electron chi connectivity index (χ3n) is 4.71.